The molecule has 128 valence electrons. The number of anilines is 1. The Morgan fingerprint density at radius 1 is 1.00 bits per heavy atom. The molecule has 25 heavy (non-hydrogen) atoms. The summed E-state index contributed by atoms with van der Waals surface area (Å²) in [4.78, 5) is 23.7. The summed E-state index contributed by atoms with van der Waals surface area (Å²) in [6, 6.07) is 14.5. The Hall–Kier alpha value is -3.21. The van der Waals surface area contributed by atoms with Gasteiger partial charge in [0.15, 0.2) is 0 Å². The van der Waals surface area contributed by atoms with E-state index in [1.54, 1.807) is 38.1 Å². The van der Waals surface area contributed by atoms with Crippen molar-refractivity contribution in [2.24, 2.45) is 5.10 Å². The molecule has 2 rings (SSSR count). The van der Waals surface area contributed by atoms with Crippen molar-refractivity contribution >= 4 is 23.2 Å². The van der Waals surface area contributed by atoms with Crippen molar-refractivity contribution in [1.82, 2.24) is 5.43 Å². The lowest BCUT2D eigenvalue weighted by atomic mass is 10.1. The number of hydrogen-bond donors (Lipinski definition) is 2. The van der Waals surface area contributed by atoms with Crippen LogP contribution >= 0.6 is 0 Å². The van der Waals surface area contributed by atoms with Gasteiger partial charge in [0, 0.05) is 16.8 Å². The van der Waals surface area contributed by atoms with Crippen LogP contribution in [0.4, 0.5) is 5.69 Å². The second kappa shape index (κ2) is 8.06. The summed E-state index contributed by atoms with van der Waals surface area (Å²) < 4.78 is 0. The van der Waals surface area contributed by atoms with E-state index in [0.29, 0.717) is 22.5 Å². The SMILES string of the molecule is C=C(C)C(=O)Nc1ccc(/C(C)=N/NC(=O)c2cccc(C)c2)cc1. The van der Waals surface area contributed by atoms with Crippen molar-refractivity contribution in [2.45, 2.75) is 20.8 Å². The average Bonchev–Trinajstić information content (AvgIpc) is 2.59. The van der Waals surface area contributed by atoms with Gasteiger partial charge in [0.25, 0.3) is 11.8 Å². The summed E-state index contributed by atoms with van der Waals surface area (Å²) in [6.07, 6.45) is 0. The number of aryl methyl sites for hydroxylation is 1. The van der Waals surface area contributed by atoms with Crippen molar-refractivity contribution in [3.8, 4) is 0 Å². The molecule has 0 aliphatic carbocycles. The van der Waals surface area contributed by atoms with Gasteiger partial charge < -0.3 is 5.32 Å². The summed E-state index contributed by atoms with van der Waals surface area (Å²) in [5.74, 6) is -0.475. The molecule has 2 aromatic rings. The van der Waals surface area contributed by atoms with Crippen LogP contribution in [0.3, 0.4) is 0 Å². The molecule has 2 amide bonds. The Bertz CT molecular complexity index is 836. The maximum Gasteiger partial charge on any atom is 0.271 e. The molecule has 5 nitrogen and oxygen atoms in total. The largest absolute Gasteiger partial charge is 0.322 e. The molecular formula is C20H21N3O2. The third-order valence-electron chi connectivity index (χ3n) is 3.55. The van der Waals surface area contributed by atoms with E-state index in [0.717, 1.165) is 11.1 Å². The molecule has 5 heteroatoms. The van der Waals surface area contributed by atoms with Gasteiger partial charge in [-0.05, 0) is 50.6 Å². The van der Waals surface area contributed by atoms with Crippen LogP contribution in [0, 0.1) is 6.92 Å². The van der Waals surface area contributed by atoms with Gasteiger partial charge in [-0.1, -0.05) is 36.4 Å². The third kappa shape index (κ3) is 5.14. The highest BCUT2D eigenvalue weighted by Gasteiger charge is 2.06. The van der Waals surface area contributed by atoms with Gasteiger partial charge in [0.1, 0.15) is 0 Å². The van der Waals surface area contributed by atoms with Gasteiger partial charge in [-0.25, -0.2) is 5.43 Å². The van der Waals surface area contributed by atoms with E-state index in [-0.39, 0.29) is 11.8 Å². The van der Waals surface area contributed by atoms with E-state index >= 15 is 0 Å². The minimum atomic E-state index is -0.256. The lowest BCUT2D eigenvalue weighted by Gasteiger charge is -2.07. The van der Waals surface area contributed by atoms with Crippen LogP contribution in [0.15, 0.2) is 65.8 Å². The predicted molar refractivity (Wildman–Crippen MR) is 101 cm³/mol. The molecular weight excluding hydrogens is 314 g/mol. The topological polar surface area (TPSA) is 70.6 Å². The molecule has 0 radical (unpaired) electrons. The minimum absolute atomic E-state index is 0.219. The molecule has 0 unspecified atom stereocenters. The first kappa shape index (κ1) is 18.1. The number of carbonyl (C=O) groups excluding carboxylic acids is 2. The zero-order chi connectivity index (χ0) is 18.4. The lowest BCUT2D eigenvalue weighted by molar-refractivity contribution is -0.112. The summed E-state index contributed by atoms with van der Waals surface area (Å²) >= 11 is 0. The number of amides is 2. The predicted octanol–water partition coefficient (Wildman–Crippen LogP) is 3.66. The highest BCUT2D eigenvalue weighted by molar-refractivity contribution is 6.04. The summed E-state index contributed by atoms with van der Waals surface area (Å²) in [5.41, 5.74) is 6.76. The van der Waals surface area contributed by atoms with Crippen molar-refractivity contribution in [3.63, 3.8) is 0 Å². The van der Waals surface area contributed by atoms with E-state index in [9.17, 15) is 9.59 Å². The van der Waals surface area contributed by atoms with Gasteiger partial charge in [-0.2, -0.15) is 5.10 Å². The zero-order valence-electron chi connectivity index (χ0n) is 14.6. The Balaban J connectivity index is 2.03. The van der Waals surface area contributed by atoms with E-state index in [2.05, 4.69) is 22.4 Å². The van der Waals surface area contributed by atoms with E-state index < -0.39 is 0 Å². The van der Waals surface area contributed by atoms with Crippen LogP contribution in [-0.2, 0) is 4.79 Å². The number of carbonyl (C=O) groups is 2. The number of nitrogens with one attached hydrogen (secondary N) is 2. The molecule has 0 aliphatic rings. The van der Waals surface area contributed by atoms with Crippen molar-refractivity contribution in [2.75, 3.05) is 5.32 Å². The van der Waals surface area contributed by atoms with Gasteiger partial charge in [-0.15, -0.1) is 0 Å². The van der Waals surface area contributed by atoms with Gasteiger partial charge in [-0.3, -0.25) is 9.59 Å². The molecule has 0 fully saturated rings. The monoisotopic (exact) mass is 335 g/mol. The number of hydrogen-bond acceptors (Lipinski definition) is 3. The molecule has 2 N–H and O–H groups in total. The number of hydrazone groups is 1. The van der Waals surface area contributed by atoms with E-state index in [1.165, 1.54) is 0 Å². The number of nitrogens with zero attached hydrogens (tertiary/aromatic N) is 1. The fraction of sp³-hybridized carbons (Fsp3) is 0.150. The normalized spacial score (nSPS) is 10.9. The average molecular weight is 335 g/mol. The fourth-order valence-corrected chi connectivity index (χ4v) is 2.08. The van der Waals surface area contributed by atoms with Crippen LogP contribution in [0.5, 0.6) is 0 Å². The highest BCUT2D eigenvalue weighted by atomic mass is 16.2. The van der Waals surface area contributed by atoms with Crippen LogP contribution in [0.25, 0.3) is 0 Å². The number of rotatable bonds is 5. The molecule has 0 atom stereocenters. The van der Waals surface area contributed by atoms with Crippen LogP contribution in [0.1, 0.15) is 35.3 Å². The second-order valence-electron chi connectivity index (χ2n) is 5.82. The number of benzene rings is 2. The van der Waals surface area contributed by atoms with E-state index in [1.807, 2.05) is 31.2 Å². The Labute approximate surface area is 147 Å². The summed E-state index contributed by atoms with van der Waals surface area (Å²) in [6.45, 7) is 8.98. The fourth-order valence-electron chi connectivity index (χ4n) is 2.08. The molecule has 0 bridgehead atoms. The first-order chi connectivity index (χ1) is 11.9. The zero-order valence-corrected chi connectivity index (χ0v) is 14.6. The third-order valence-corrected chi connectivity index (χ3v) is 3.55. The molecule has 2 aromatic carbocycles. The van der Waals surface area contributed by atoms with Crippen LogP contribution < -0.4 is 10.7 Å². The maximum absolute atomic E-state index is 12.1. The van der Waals surface area contributed by atoms with Crippen LogP contribution in [0.2, 0.25) is 0 Å². The summed E-state index contributed by atoms with van der Waals surface area (Å²) in [7, 11) is 0. The lowest BCUT2D eigenvalue weighted by Crippen LogP contribution is -2.19. The second-order valence-corrected chi connectivity index (χ2v) is 5.82. The van der Waals surface area contributed by atoms with Gasteiger partial charge >= 0.3 is 0 Å². The van der Waals surface area contributed by atoms with Crippen molar-refractivity contribution < 1.29 is 9.59 Å². The van der Waals surface area contributed by atoms with Crippen LogP contribution in [-0.4, -0.2) is 17.5 Å². The quantitative estimate of drug-likeness (QED) is 0.497. The van der Waals surface area contributed by atoms with Crippen molar-refractivity contribution in [3.05, 3.63) is 77.4 Å². The Morgan fingerprint density at radius 2 is 1.68 bits per heavy atom. The standard InChI is InChI=1S/C20H21N3O2/c1-13(2)19(24)21-18-10-8-16(9-11-18)15(4)22-23-20(25)17-7-5-6-14(3)12-17/h5-12H,1H2,2-4H3,(H,21,24)(H,23,25)/b22-15+. The maximum atomic E-state index is 12.1. The minimum Gasteiger partial charge on any atom is -0.322 e. The molecule has 0 saturated heterocycles. The first-order valence-electron chi connectivity index (χ1n) is 7.85. The molecule has 0 saturated carbocycles. The molecule has 0 heterocycles. The summed E-state index contributed by atoms with van der Waals surface area (Å²) in [5, 5.41) is 6.87. The van der Waals surface area contributed by atoms with Gasteiger partial charge in [0.2, 0.25) is 0 Å². The van der Waals surface area contributed by atoms with E-state index in [4.69, 9.17) is 0 Å². The molecule has 0 spiro atoms. The first-order valence-corrected chi connectivity index (χ1v) is 7.85. The smallest absolute Gasteiger partial charge is 0.271 e. The molecule has 0 aromatic heterocycles. The van der Waals surface area contributed by atoms with Crippen molar-refractivity contribution in [1.29, 1.82) is 0 Å². The Kier molecular flexibility index (Phi) is 5.84. The Morgan fingerprint density at radius 3 is 2.28 bits per heavy atom. The highest BCUT2D eigenvalue weighted by Crippen LogP contribution is 2.11. The van der Waals surface area contributed by atoms with Gasteiger partial charge in [0.05, 0.1) is 5.71 Å². The molecule has 0 aliphatic heterocycles.